The van der Waals surface area contributed by atoms with Crippen LogP contribution in [-0.4, -0.2) is 33.6 Å². The van der Waals surface area contributed by atoms with Gasteiger partial charge in [-0.3, -0.25) is 4.79 Å². The van der Waals surface area contributed by atoms with Crippen molar-refractivity contribution in [2.45, 2.75) is 51.1 Å². The van der Waals surface area contributed by atoms with Gasteiger partial charge < -0.3 is 14.8 Å². The second kappa shape index (κ2) is 6.91. The number of fused-ring (bicyclic) bond motifs is 1. The summed E-state index contributed by atoms with van der Waals surface area (Å²) in [5.74, 6) is -0.415. The molecule has 8 nitrogen and oxygen atoms in total. The first-order valence-corrected chi connectivity index (χ1v) is 9.50. The van der Waals surface area contributed by atoms with Gasteiger partial charge in [0, 0.05) is 17.8 Å². The summed E-state index contributed by atoms with van der Waals surface area (Å²) in [5, 5.41) is 2.61. The lowest BCUT2D eigenvalue weighted by molar-refractivity contribution is -0.272. The van der Waals surface area contributed by atoms with Crippen molar-refractivity contribution in [2.75, 3.05) is 4.90 Å². The predicted molar refractivity (Wildman–Crippen MR) is 101 cm³/mol. The van der Waals surface area contributed by atoms with E-state index in [-0.39, 0.29) is 29.7 Å². The Bertz CT molecular complexity index is 1080. The first-order valence-electron chi connectivity index (χ1n) is 9.50. The van der Waals surface area contributed by atoms with Gasteiger partial charge in [-0.15, -0.1) is 0 Å². The standard InChI is InChI=1S/C20H19F3N4O4/c1-4-18(2)15(28)27(17(29)26-18)14-7-8-24-16(25-14)31-12-6-5-11-10-30-19(3,13(11)9-12)20(21,22)23/h5-9H,4,10H2,1-3H3,(H,26,29)/t18-,19?/m1/s1. The summed E-state index contributed by atoms with van der Waals surface area (Å²) in [6.45, 7) is 4.17. The summed E-state index contributed by atoms with van der Waals surface area (Å²) in [6, 6.07) is 4.69. The summed E-state index contributed by atoms with van der Waals surface area (Å²) in [7, 11) is 0. The monoisotopic (exact) mass is 436 g/mol. The zero-order chi connectivity index (χ0) is 22.6. The van der Waals surface area contributed by atoms with Crippen LogP contribution in [0.4, 0.5) is 23.8 Å². The maximum atomic E-state index is 13.5. The number of carbonyl (C=O) groups is 2. The fourth-order valence-electron chi connectivity index (χ4n) is 3.47. The SMILES string of the molecule is CC[C@@]1(C)NC(=O)N(c2ccnc(Oc3ccc4c(c3)C(C)(C(F)(F)F)OC4)n2)C1=O. The molecule has 1 fully saturated rings. The smallest absolute Gasteiger partial charge is 0.421 e. The lowest BCUT2D eigenvalue weighted by Gasteiger charge is -2.27. The molecule has 31 heavy (non-hydrogen) atoms. The van der Waals surface area contributed by atoms with Gasteiger partial charge in [0.2, 0.25) is 0 Å². The summed E-state index contributed by atoms with van der Waals surface area (Å²) in [5.41, 5.74) is -3.15. The van der Waals surface area contributed by atoms with Crippen LogP contribution in [-0.2, 0) is 21.7 Å². The minimum absolute atomic E-state index is 0.00528. The van der Waals surface area contributed by atoms with Gasteiger partial charge in [0.1, 0.15) is 11.3 Å². The summed E-state index contributed by atoms with van der Waals surface area (Å²) < 4.78 is 51.1. The van der Waals surface area contributed by atoms with Crippen LogP contribution in [0.15, 0.2) is 30.5 Å². The Kier molecular flexibility index (Phi) is 4.69. The summed E-state index contributed by atoms with van der Waals surface area (Å²) >= 11 is 0. The molecule has 0 bridgehead atoms. The molecular formula is C20H19F3N4O4. The van der Waals surface area contributed by atoms with E-state index < -0.39 is 29.3 Å². The quantitative estimate of drug-likeness (QED) is 0.733. The number of hydrogen-bond donors (Lipinski definition) is 1. The van der Waals surface area contributed by atoms with E-state index >= 15 is 0 Å². The van der Waals surface area contributed by atoms with Crippen LogP contribution >= 0.6 is 0 Å². The number of halogens is 3. The highest BCUT2D eigenvalue weighted by Crippen LogP contribution is 2.48. The highest BCUT2D eigenvalue weighted by molar-refractivity contribution is 6.22. The molecule has 164 valence electrons. The number of benzene rings is 1. The molecule has 1 aromatic heterocycles. The number of rotatable bonds is 4. The van der Waals surface area contributed by atoms with Gasteiger partial charge >= 0.3 is 18.2 Å². The largest absolute Gasteiger partial charge is 0.424 e. The average molecular weight is 436 g/mol. The lowest BCUT2D eigenvalue weighted by Crippen LogP contribution is -2.43. The zero-order valence-corrected chi connectivity index (χ0v) is 16.9. The number of amides is 3. The Morgan fingerprint density at radius 3 is 2.65 bits per heavy atom. The second-order valence-corrected chi connectivity index (χ2v) is 7.69. The molecule has 2 aromatic rings. The first kappa shape index (κ1) is 21.0. The van der Waals surface area contributed by atoms with Crippen LogP contribution in [0.1, 0.15) is 38.3 Å². The number of aromatic nitrogens is 2. The Balaban J connectivity index is 1.62. The van der Waals surface area contributed by atoms with Gasteiger partial charge in [-0.05, 0) is 38.0 Å². The topological polar surface area (TPSA) is 93.7 Å². The van der Waals surface area contributed by atoms with Crippen LogP contribution in [0.25, 0.3) is 0 Å². The van der Waals surface area contributed by atoms with Crippen LogP contribution in [0.2, 0.25) is 0 Å². The van der Waals surface area contributed by atoms with Gasteiger partial charge in [0.05, 0.1) is 6.61 Å². The van der Waals surface area contributed by atoms with E-state index in [0.29, 0.717) is 12.0 Å². The maximum Gasteiger partial charge on any atom is 0.421 e. The maximum absolute atomic E-state index is 13.5. The number of anilines is 1. The van der Waals surface area contributed by atoms with Crippen LogP contribution < -0.4 is 15.0 Å². The summed E-state index contributed by atoms with van der Waals surface area (Å²) in [4.78, 5) is 33.9. The normalized spacial score (nSPS) is 25.5. The van der Waals surface area contributed by atoms with E-state index in [2.05, 4.69) is 15.3 Å². The number of imide groups is 1. The van der Waals surface area contributed by atoms with Crippen molar-refractivity contribution in [1.29, 1.82) is 0 Å². The highest BCUT2D eigenvalue weighted by atomic mass is 19.4. The minimum atomic E-state index is -4.61. The Hall–Kier alpha value is -3.21. The fourth-order valence-corrected chi connectivity index (χ4v) is 3.47. The van der Waals surface area contributed by atoms with Crippen molar-refractivity contribution in [2.24, 2.45) is 0 Å². The van der Waals surface area contributed by atoms with Crippen LogP contribution in [0, 0.1) is 0 Å². The average Bonchev–Trinajstić information content (AvgIpc) is 3.17. The molecule has 0 spiro atoms. The fraction of sp³-hybridized carbons (Fsp3) is 0.400. The van der Waals surface area contributed by atoms with E-state index in [9.17, 15) is 22.8 Å². The third kappa shape index (κ3) is 3.29. The van der Waals surface area contributed by atoms with Crippen molar-refractivity contribution in [3.05, 3.63) is 41.6 Å². The molecule has 11 heteroatoms. The third-order valence-electron chi connectivity index (χ3n) is 5.68. The van der Waals surface area contributed by atoms with Crippen molar-refractivity contribution >= 4 is 17.8 Å². The minimum Gasteiger partial charge on any atom is -0.424 e. The second-order valence-electron chi connectivity index (χ2n) is 7.69. The number of ether oxygens (including phenoxy) is 2. The first-order chi connectivity index (χ1) is 14.5. The Morgan fingerprint density at radius 1 is 1.26 bits per heavy atom. The molecule has 3 amide bonds. The molecule has 0 radical (unpaired) electrons. The van der Waals surface area contributed by atoms with Gasteiger partial charge in [0.25, 0.3) is 5.91 Å². The predicted octanol–water partition coefficient (Wildman–Crippen LogP) is 3.80. The molecule has 2 aliphatic heterocycles. The van der Waals surface area contributed by atoms with E-state index in [1.807, 2.05) is 0 Å². The van der Waals surface area contributed by atoms with Crippen LogP contribution in [0.3, 0.4) is 0 Å². The van der Waals surface area contributed by atoms with Crippen molar-refractivity contribution in [3.63, 3.8) is 0 Å². The molecule has 4 rings (SSSR count). The molecule has 1 N–H and O–H groups in total. The number of nitrogens with zero attached hydrogens (tertiary/aromatic N) is 3. The molecule has 2 atom stereocenters. The molecular weight excluding hydrogens is 417 g/mol. The molecule has 1 unspecified atom stereocenters. The number of alkyl halides is 3. The van der Waals surface area contributed by atoms with Gasteiger partial charge in [-0.25, -0.2) is 14.7 Å². The zero-order valence-electron chi connectivity index (χ0n) is 16.9. The third-order valence-corrected chi connectivity index (χ3v) is 5.68. The summed E-state index contributed by atoms with van der Waals surface area (Å²) in [6.07, 6.45) is -2.93. The van der Waals surface area contributed by atoms with Crippen molar-refractivity contribution in [1.82, 2.24) is 15.3 Å². The van der Waals surface area contributed by atoms with Gasteiger partial charge in [-0.1, -0.05) is 13.0 Å². The Morgan fingerprint density at radius 2 is 2.00 bits per heavy atom. The van der Waals surface area contributed by atoms with Gasteiger partial charge in [-0.2, -0.15) is 18.2 Å². The molecule has 1 aromatic carbocycles. The number of urea groups is 1. The van der Waals surface area contributed by atoms with E-state index in [1.165, 1.54) is 30.5 Å². The molecule has 0 aliphatic carbocycles. The molecule has 3 heterocycles. The lowest BCUT2D eigenvalue weighted by atomic mass is 9.93. The van der Waals surface area contributed by atoms with Gasteiger partial charge in [0.15, 0.2) is 11.4 Å². The molecule has 0 saturated carbocycles. The van der Waals surface area contributed by atoms with Crippen molar-refractivity contribution in [3.8, 4) is 11.8 Å². The van der Waals surface area contributed by atoms with E-state index in [0.717, 1.165) is 11.8 Å². The Labute approximate surface area is 175 Å². The van der Waals surface area contributed by atoms with E-state index in [1.54, 1.807) is 13.8 Å². The molecule has 1 saturated heterocycles. The number of hydrogen-bond acceptors (Lipinski definition) is 6. The highest BCUT2D eigenvalue weighted by Gasteiger charge is 2.57. The number of nitrogens with one attached hydrogen (secondary N) is 1. The van der Waals surface area contributed by atoms with Crippen molar-refractivity contribution < 1.29 is 32.2 Å². The van der Waals surface area contributed by atoms with Crippen LogP contribution in [0.5, 0.6) is 11.8 Å². The number of carbonyl (C=O) groups excluding carboxylic acids is 2. The van der Waals surface area contributed by atoms with E-state index in [4.69, 9.17) is 9.47 Å². The molecule has 2 aliphatic rings.